The summed E-state index contributed by atoms with van der Waals surface area (Å²) in [6.07, 6.45) is 0.316. The highest BCUT2D eigenvalue weighted by atomic mass is 16.3. The van der Waals surface area contributed by atoms with Crippen LogP contribution < -0.4 is 11.3 Å². The van der Waals surface area contributed by atoms with Gasteiger partial charge in [0.15, 0.2) is 0 Å². The average Bonchev–Trinajstić information content (AvgIpc) is 2.51. The number of nitrogens with one attached hydrogen (secondary N) is 1. The molecule has 0 unspecified atom stereocenters. The molecule has 1 aromatic carbocycles. The zero-order chi connectivity index (χ0) is 15.1. The van der Waals surface area contributed by atoms with Gasteiger partial charge in [0, 0.05) is 39.3 Å². The normalized spacial score (nSPS) is 16.9. The first-order valence-electron chi connectivity index (χ1n) is 7.34. The monoisotopic (exact) mass is 292 g/mol. The third kappa shape index (κ3) is 5.09. The molecule has 0 aliphatic carbocycles. The summed E-state index contributed by atoms with van der Waals surface area (Å²) in [6.45, 7) is 6.00. The van der Waals surface area contributed by atoms with Gasteiger partial charge in [0.25, 0.3) is 0 Å². The number of hydrogen-bond acceptors (Lipinski definition) is 5. The summed E-state index contributed by atoms with van der Waals surface area (Å²) in [5, 5.41) is 8.93. The number of nitrogens with two attached hydrogens (primary N) is 1. The van der Waals surface area contributed by atoms with E-state index >= 15 is 0 Å². The Hall–Kier alpha value is -1.47. The molecule has 0 bridgehead atoms. The number of carbonyl (C=O) groups excluding carboxylic acids is 1. The summed E-state index contributed by atoms with van der Waals surface area (Å²) in [5.41, 5.74) is 4.36. The summed E-state index contributed by atoms with van der Waals surface area (Å²) >= 11 is 0. The Morgan fingerprint density at radius 2 is 1.67 bits per heavy atom. The van der Waals surface area contributed by atoms with Crippen LogP contribution in [0.5, 0.6) is 0 Å². The molecule has 1 aromatic rings. The number of nitrogens with zero attached hydrogens (tertiary/aromatic N) is 2. The second kappa shape index (κ2) is 8.09. The molecular formula is C15H24N4O2. The zero-order valence-corrected chi connectivity index (χ0v) is 12.3. The lowest BCUT2D eigenvalue weighted by molar-refractivity contribution is -0.120. The lowest BCUT2D eigenvalue weighted by Crippen LogP contribution is -2.46. The molecule has 4 N–H and O–H groups in total. The maximum Gasteiger partial charge on any atom is 0.238 e. The van der Waals surface area contributed by atoms with Crippen molar-refractivity contribution in [1.82, 2.24) is 15.2 Å². The third-order valence-corrected chi connectivity index (χ3v) is 3.84. The second-order valence-corrected chi connectivity index (χ2v) is 5.40. The fourth-order valence-corrected chi connectivity index (χ4v) is 2.57. The van der Waals surface area contributed by atoms with Gasteiger partial charge in [-0.05, 0) is 11.1 Å². The number of rotatable bonds is 6. The van der Waals surface area contributed by atoms with Gasteiger partial charge in [0.2, 0.25) is 5.91 Å². The van der Waals surface area contributed by atoms with Gasteiger partial charge in [-0.2, -0.15) is 0 Å². The van der Waals surface area contributed by atoms with Gasteiger partial charge in [0.1, 0.15) is 0 Å². The fourth-order valence-electron chi connectivity index (χ4n) is 2.57. The lowest BCUT2D eigenvalue weighted by atomic mass is 10.1. The van der Waals surface area contributed by atoms with Crippen LogP contribution in [0.15, 0.2) is 24.3 Å². The molecule has 21 heavy (non-hydrogen) atoms. The summed E-state index contributed by atoms with van der Waals surface area (Å²) in [7, 11) is 0. The van der Waals surface area contributed by atoms with Crippen LogP contribution in [-0.4, -0.2) is 60.1 Å². The highest BCUT2D eigenvalue weighted by Crippen LogP contribution is 2.10. The molecule has 2 rings (SSSR count). The summed E-state index contributed by atoms with van der Waals surface area (Å²) in [6, 6.07) is 8.09. The van der Waals surface area contributed by atoms with Crippen molar-refractivity contribution in [2.45, 2.75) is 13.0 Å². The number of aliphatic hydroxyl groups is 1. The minimum Gasteiger partial charge on any atom is -0.395 e. The summed E-state index contributed by atoms with van der Waals surface area (Å²) in [4.78, 5) is 15.9. The highest BCUT2D eigenvalue weighted by molar-refractivity contribution is 5.77. The van der Waals surface area contributed by atoms with E-state index in [0.29, 0.717) is 6.42 Å². The van der Waals surface area contributed by atoms with Gasteiger partial charge in [-0.3, -0.25) is 20.0 Å². The third-order valence-electron chi connectivity index (χ3n) is 3.84. The first kappa shape index (κ1) is 15.9. The van der Waals surface area contributed by atoms with Crippen LogP contribution in [0.4, 0.5) is 0 Å². The Kier molecular flexibility index (Phi) is 6.13. The van der Waals surface area contributed by atoms with E-state index in [2.05, 4.69) is 27.4 Å². The van der Waals surface area contributed by atoms with Crippen molar-refractivity contribution in [2.24, 2.45) is 5.84 Å². The van der Waals surface area contributed by atoms with E-state index in [1.54, 1.807) is 0 Å². The van der Waals surface area contributed by atoms with Gasteiger partial charge < -0.3 is 5.11 Å². The van der Waals surface area contributed by atoms with Crippen LogP contribution in [0.2, 0.25) is 0 Å². The molecule has 0 spiro atoms. The second-order valence-electron chi connectivity index (χ2n) is 5.40. The van der Waals surface area contributed by atoms with Crippen LogP contribution in [0.25, 0.3) is 0 Å². The molecule has 0 aromatic heterocycles. The fraction of sp³-hybridized carbons (Fsp3) is 0.533. The number of carbonyl (C=O) groups is 1. The van der Waals surface area contributed by atoms with Crippen LogP contribution in [0.1, 0.15) is 11.1 Å². The smallest absolute Gasteiger partial charge is 0.238 e. The van der Waals surface area contributed by atoms with E-state index in [4.69, 9.17) is 10.9 Å². The Balaban J connectivity index is 1.80. The van der Waals surface area contributed by atoms with Crippen LogP contribution >= 0.6 is 0 Å². The number of hydrogen-bond donors (Lipinski definition) is 3. The molecule has 1 aliphatic rings. The van der Waals surface area contributed by atoms with Gasteiger partial charge in [0.05, 0.1) is 13.0 Å². The van der Waals surface area contributed by atoms with E-state index in [1.807, 2.05) is 12.1 Å². The molecule has 0 radical (unpaired) electrons. The van der Waals surface area contributed by atoms with E-state index < -0.39 is 0 Å². The molecule has 0 saturated carbocycles. The number of piperazine rings is 1. The quantitative estimate of drug-likeness (QED) is 0.368. The van der Waals surface area contributed by atoms with E-state index in [1.165, 1.54) is 5.56 Å². The predicted molar refractivity (Wildman–Crippen MR) is 81.3 cm³/mol. The Morgan fingerprint density at radius 3 is 2.24 bits per heavy atom. The standard InChI is InChI=1S/C15H24N4O2/c16-17-15(21)11-13-1-3-14(4-2-13)12-19-7-5-18(6-8-19)9-10-20/h1-4,20H,5-12,16H2,(H,17,21). The molecule has 0 atom stereocenters. The molecule has 1 saturated heterocycles. The number of aliphatic hydroxyl groups excluding tert-OH is 1. The molecule has 1 aliphatic heterocycles. The van der Waals surface area contributed by atoms with E-state index in [9.17, 15) is 4.79 Å². The minimum atomic E-state index is -0.178. The largest absolute Gasteiger partial charge is 0.395 e. The van der Waals surface area contributed by atoms with Crippen molar-refractivity contribution in [3.63, 3.8) is 0 Å². The number of hydrazine groups is 1. The lowest BCUT2D eigenvalue weighted by Gasteiger charge is -2.34. The van der Waals surface area contributed by atoms with Gasteiger partial charge >= 0.3 is 0 Å². The molecular weight excluding hydrogens is 268 g/mol. The molecule has 1 amide bonds. The molecule has 6 nitrogen and oxygen atoms in total. The SMILES string of the molecule is NNC(=O)Cc1ccc(CN2CCN(CCO)CC2)cc1. The number of β-amino-alcohol motifs (C(OH)–C–C–N with tert-alkyl or cyclic N) is 1. The van der Waals surface area contributed by atoms with E-state index in [0.717, 1.165) is 44.8 Å². The number of benzene rings is 1. The first-order valence-corrected chi connectivity index (χ1v) is 7.34. The molecule has 1 fully saturated rings. The van der Waals surface area contributed by atoms with Crippen molar-refractivity contribution in [2.75, 3.05) is 39.3 Å². The van der Waals surface area contributed by atoms with Crippen molar-refractivity contribution < 1.29 is 9.90 Å². The van der Waals surface area contributed by atoms with Crippen LogP contribution in [0, 0.1) is 0 Å². The predicted octanol–water partition coefficient (Wildman–Crippen LogP) is -0.671. The van der Waals surface area contributed by atoms with Crippen LogP contribution in [-0.2, 0) is 17.8 Å². The molecule has 116 valence electrons. The number of amides is 1. The Bertz CT molecular complexity index is 441. The topological polar surface area (TPSA) is 81.8 Å². The van der Waals surface area contributed by atoms with Gasteiger partial charge in [-0.1, -0.05) is 24.3 Å². The minimum absolute atomic E-state index is 0.178. The Morgan fingerprint density at radius 1 is 1.10 bits per heavy atom. The van der Waals surface area contributed by atoms with Crippen molar-refractivity contribution in [1.29, 1.82) is 0 Å². The molecule has 6 heteroatoms. The summed E-state index contributed by atoms with van der Waals surface area (Å²) in [5.74, 6) is 4.90. The summed E-state index contributed by atoms with van der Waals surface area (Å²) < 4.78 is 0. The van der Waals surface area contributed by atoms with Gasteiger partial charge in [-0.25, -0.2) is 5.84 Å². The molecule has 1 heterocycles. The van der Waals surface area contributed by atoms with Crippen LogP contribution in [0.3, 0.4) is 0 Å². The van der Waals surface area contributed by atoms with Crippen molar-refractivity contribution in [3.05, 3.63) is 35.4 Å². The maximum absolute atomic E-state index is 11.2. The average molecular weight is 292 g/mol. The van der Waals surface area contributed by atoms with Crippen molar-refractivity contribution in [3.8, 4) is 0 Å². The Labute approximate surface area is 125 Å². The first-order chi connectivity index (χ1) is 10.2. The zero-order valence-electron chi connectivity index (χ0n) is 12.3. The maximum atomic E-state index is 11.2. The van der Waals surface area contributed by atoms with Crippen molar-refractivity contribution >= 4 is 5.91 Å². The van der Waals surface area contributed by atoms with E-state index in [-0.39, 0.29) is 12.5 Å². The van der Waals surface area contributed by atoms with Gasteiger partial charge in [-0.15, -0.1) is 0 Å². The highest BCUT2D eigenvalue weighted by Gasteiger charge is 2.16.